The number of ether oxygens (including phenoxy) is 1. The Balaban J connectivity index is 0.000000470. The van der Waals surface area contributed by atoms with Crippen LogP contribution in [0.1, 0.15) is 379 Å². The number of aliphatic hydroxyl groups is 4. The summed E-state index contributed by atoms with van der Waals surface area (Å²) in [5.41, 5.74) is 8.28. The van der Waals surface area contributed by atoms with Gasteiger partial charge in [-0.25, -0.2) is 15.0 Å². The predicted octanol–water partition coefficient (Wildman–Crippen LogP) is 28.4. The number of furan rings is 2. The fourth-order valence-corrected chi connectivity index (χ4v) is 18.7. The Hall–Kier alpha value is -4.82. The van der Waals surface area contributed by atoms with E-state index in [2.05, 4.69) is 320 Å². The summed E-state index contributed by atoms with van der Waals surface area (Å²) in [6, 6.07) is 12.9. The number of amides is 1. The number of thiazole rings is 3. The number of thiophene rings is 4. The third-order valence-electron chi connectivity index (χ3n) is 20.0. The fourth-order valence-electron chi connectivity index (χ4n) is 11.3. The van der Waals surface area contributed by atoms with Gasteiger partial charge in [0.2, 0.25) is 0 Å². The Morgan fingerprint density at radius 1 is 0.480 bits per heavy atom. The van der Waals surface area contributed by atoms with Gasteiger partial charge in [-0.15, -0.1) is 79.4 Å². The van der Waals surface area contributed by atoms with Crippen LogP contribution in [0.3, 0.4) is 0 Å². The summed E-state index contributed by atoms with van der Waals surface area (Å²) in [6.07, 6.45) is 4.96. The summed E-state index contributed by atoms with van der Waals surface area (Å²) in [4.78, 5) is 44.1. The molecule has 0 unspecified atom stereocenters. The lowest BCUT2D eigenvalue weighted by molar-refractivity contribution is -0.186. The number of aryl methyl sites for hydroxylation is 7. The summed E-state index contributed by atoms with van der Waals surface area (Å²) in [6.45, 7) is 93.4. The molecule has 0 aliphatic carbocycles. The van der Waals surface area contributed by atoms with Gasteiger partial charge in [0.25, 0.3) is 5.91 Å². The number of carbonyl (C=O) groups excluding carboxylic acids is 1. The highest BCUT2D eigenvalue weighted by atomic mass is 32.1. The molecule has 123 heavy (non-hydrogen) atoms. The van der Waals surface area contributed by atoms with Gasteiger partial charge in [-0.1, -0.05) is 213 Å². The zero-order valence-electron chi connectivity index (χ0n) is 85.6. The van der Waals surface area contributed by atoms with Gasteiger partial charge in [-0.2, -0.15) is 0 Å². The minimum Gasteiger partial charge on any atom is -0.468 e. The van der Waals surface area contributed by atoms with Crippen molar-refractivity contribution < 1.29 is 38.8 Å². The van der Waals surface area contributed by atoms with Gasteiger partial charge < -0.3 is 48.7 Å². The van der Waals surface area contributed by atoms with Crippen molar-refractivity contribution in [1.82, 2.24) is 29.7 Å². The maximum absolute atomic E-state index is 11.8. The molecule has 1 saturated heterocycles. The van der Waals surface area contributed by atoms with E-state index in [4.69, 9.17) is 18.6 Å². The highest BCUT2D eigenvalue weighted by molar-refractivity contribution is 7.13. The summed E-state index contributed by atoms with van der Waals surface area (Å²) < 4.78 is 16.2. The molecule has 1 fully saturated rings. The lowest BCUT2D eigenvalue weighted by Crippen LogP contribution is -2.47. The van der Waals surface area contributed by atoms with Crippen LogP contribution >= 0.6 is 79.4 Å². The first kappa shape index (κ1) is 114. The van der Waals surface area contributed by atoms with E-state index in [-0.39, 0.29) is 49.2 Å². The number of allylic oxidation sites excluding steroid dienone is 1. The zero-order chi connectivity index (χ0) is 96.0. The van der Waals surface area contributed by atoms with E-state index in [0.29, 0.717) is 18.6 Å². The number of hydrogen-bond acceptors (Lipinski definition) is 20. The molecule has 0 aromatic carbocycles. The third kappa shape index (κ3) is 36.6. The van der Waals surface area contributed by atoms with E-state index in [9.17, 15) is 25.2 Å². The lowest BCUT2D eigenvalue weighted by Gasteiger charge is -2.35. The van der Waals surface area contributed by atoms with Gasteiger partial charge in [0, 0.05) is 115 Å². The van der Waals surface area contributed by atoms with Gasteiger partial charge in [0.15, 0.2) is 5.60 Å². The highest BCUT2D eigenvalue weighted by Gasteiger charge is 2.43. The second kappa shape index (κ2) is 44.7. The number of aromatic nitrogens is 3. The summed E-state index contributed by atoms with van der Waals surface area (Å²) in [5.74, 6) is 3.12. The molecule has 0 saturated carbocycles. The molecule has 21 heteroatoms. The van der Waals surface area contributed by atoms with Crippen LogP contribution in [0, 0.1) is 48.5 Å². The van der Waals surface area contributed by atoms with Gasteiger partial charge in [-0.3, -0.25) is 4.79 Å². The van der Waals surface area contributed by atoms with Crippen molar-refractivity contribution in [3.8, 4) is 0 Å². The average Bonchev–Trinajstić information content (AvgIpc) is 1.65. The van der Waals surface area contributed by atoms with Crippen molar-refractivity contribution in [3.63, 3.8) is 0 Å². The van der Waals surface area contributed by atoms with E-state index in [0.717, 1.165) is 95.8 Å². The molecule has 0 radical (unpaired) electrons. The Morgan fingerprint density at radius 2 is 0.927 bits per heavy atom. The van der Waals surface area contributed by atoms with Crippen LogP contribution in [0.4, 0.5) is 0 Å². The first-order valence-electron chi connectivity index (χ1n) is 43.3. The van der Waals surface area contributed by atoms with Gasteiger partial charge in [-0.05, 0) is 204 Å². The molecule has 1 aliphatic heterocycles. The molecular weight excluding hydrogens is 1660 g/mol. The van der Waals surface area contributed by atoms with E-state index in [1.807, 2.05) is 78.3 Å². The van der Waals surface area contributed by atoms with Crippen molar-refractivity contribution in [3.05, 3.63) is 187 Å². The maximum Gasteiger partial charge on any atom is 0.254 e. The molecule has 0 spiro atoms. The second-order valence-electron chi connectivity index (χ2n) is 44.2. The highest BCUT2D eigenvalue weighted by Crippen LogP contribution is 2.43. The number of nitrogens with zero attached hydrogens (tertiary/aromatic N) is 6. The average molecular weight is 1830 g/mol. The fraction of sp³-hybridized carbons (Fsp3) is 0.647. The molecule has 1 amide bonds. The Bertz CT molecular complexity index is 4510. The van der Waals surface area contributed by atoms with E-state index in [1.54, 1.807) is 93.2 Å². The number of hydrogen-bond donors (Lipinski definition) is 4. The van der Waals surface area contributed by atoms with Crippen molar-refractivity contribution in [2.75, 3.05) is 55.5 Å². The van der Waals surface area contributed by atoms with Crippen LogP contribution in [-0.4, -0.2) is 111 Å². The monoisotopic (exact) mass is 1830 g/mol. The zero-order valence-corrected chi connectivity index (χ0v) is 91.3. The lowest BCUT2D eigenvalue weighted by atomic mass is 9.86. The summed E-state index contributed by atoms with van der Waals surface area (Å²) in [5, 5.41) is 45.8. The summed E-state index contributed by atoms with van der Waals surface area (Å²) in [7, 11) is 11.9. The van der Waals surface area contributed by atoms with Crippen LogP contribution in [0.2, 0.25) is 0 Å². The molecule has 10 heterocycles. The standard InChI is InChI=1S/C14H24OS.C12H19NOS.C12H21NO.C11H20N2S.C11H17NO2S.C11H18O2.C11H16S.C10H17NOS.C10H16S/c1-7-14(15,8-2)11-9-12(13(4,5)6)16-10(11)3;1-8-9(11(14)13(5)6)7-10(15-8)12(2,3)4;1-9-10(8-13(5)6)7-11(14-9)12(2,3)4;1-8-9(7-13(5)6)12-10(14-8)11(2,3)4;1-7-8(11(13)5-14-6-11)12-9(15-7)10(2,3)4;1-10(2,3)9-6-8(7-13-9)11(4,5)12;1-8(2)9-6-10(12-7-9)11(3,4)5;1-9(2,3)8-11-6-7(13-8)10(4,5)12;1-7-6-9(10(3,4)5)11-8(7)2/h9,15H,7-8H2,1-6H3;7H,1-6H3;7H,8H2,1-6H3;7H2,1-6H3;13H,5-6H2,1-4H3;6-7,12H,1-5H3;6-7H,1H2,2-5H3;6,12H,1-5H3;6H,1-5H3. The Labute approximate surface area is 776 Å². The molecule has 9 aromatic rings. The quantitative estimate of drug-likeness (QED) is 0.0908. The van der Waals surface area contributed by atoms with Gasteiger partial charge in [0.05, 0.1) is 73.1 Å². The largest absolute Gasteiger partial charge is 0.468 e. The van der Waals surface area contributed by atoms with Crippen molar-refractivity contribution in [1.29, 1.82) is 0 Å². The molecule has 0 bridgehead atoms. The van der Waals surface area contributed by atoms with Crippen LogP contribution in [-0.2, 0) is 89.0 Å². The van der Waals surface area contributed by atoms with Crippen molar-refractivity contribution in [2.45, 2.75) is 381 Å². The van der Waals surface area contributed by atoms with E-state index < -0.39 is 22.4 Å². The van der Waals surface area contributed by atoms with Crippen LogP contribution < -0.4 is 0 Å². The van der Waals surface area contributed by atoms with Crippen LogP contribution in [0.15, 0.2) is 69.7 Å². The van der Waals surface area contributed by atoms with Gasteiger partial charge >= 0.3 is 0 Å². The number of rotatable bonds is 12. The van der Waals surface area contributed by atoms with E-state index >= 15 is 0 Å². The Morgan fingerprint density at radius 3 is 1.22 bits per heavy atom. The Kier molecular flexibility index (Phi) is 41.5. The molecule has 14 nitrogen and oxygen atoms in total. The molecule has 9 aromatic heterocycles. The van der Waals surface area contributed by atoms with Crippen LogP contribution in [0.25, 0.3) is 5.57 Å². The van der Waals surface area contributed by atoms with E-state index in [1.165, 1.54) is 61.5 Å². The normalized spacial score (nSPS) is 13.5. The van der Waals surface area contributed by atoms with Crippen LogP contribution in [0.5, 0.6) is 0 Å². The van der Waals surface area contributed by atoms with Crippen molar-refractivity contribution in [2.24, 2.45) is 0 Å². The first-order valence-corrected chi connectivity index (χ1v) is 49.1. The van der Waals surface area contributed by atoms with Crippen molar-refractivity contribution >= 4 is 90.8 Å². The minimum absolute atomic E-state index is 0.00347. The van der Waals surface area contributed by atoms with Gasteiger partial charge in [0.1, 0.15) is 17.3 Å². The molecule has 0 atom stereocenters. The smallest absolute Gasteiger partial charge is 0.254 e. The molecule has 4 N–H and O–H groups in total. The maximum atomic E-state index is 11.8. The molecular formula is C102H168N6O8S7. The molecule has 10 rings (SSSR count). The summed E-state index contributed by atoms with van der Waals surface area (Å²) >= 11 is 12.4. The topological polar surface area (TPSA) is 182 Å². The number of carbonyl (C=O) groups is 1. The SMILES string of the molecule is C=C(C)c1csc(C(C)(C)C)c1.CC(C)(C)c1cc(C(C)(C)O)co1.CC(C)(C)c1ncc(C(C)(C)O)s1.CCC(O)(CC)c1cc(C(C)(C)C)sc1C.Cc1cc(C(C)(C)C)sc1C.Cc1oc(C(C)(C)C)cc1CN(C)C.Cc1sc(C(C)(C)C)cc1C(=O)N(C)C.Cc1sc(C(C)(C)C)nc1C1(O)COC1.Cc1sc(C(C)(C)C)nc1CN(C)C. The minimum atomic E-state index is -0.829. The molecule has 1 aliphatic rings. The second-order valence-corrected chi connectivity index (χ2v) is 52.3. The predicted molar refractivity (Wildman–Crippen MR) is 540 cm³/mol. The molecule has 696 valence electrons. The third-order valence-corrected chi connectivity index (χ3v) is 30.4. The first-order chi connectivity index (χ1) is 55.1.